The Hall–Kier alpha value is -3.58. The Morgan fingerprint density at radius 1 is 1.09 bits per heavy atom. The highest BCUT2D eigenvalue weighted by atomic mass is 32.1. The Bertz CT molecular complexity index is 1250. The van der Waals surface area contributed by atoms with Gasteiger partial charge in [-0.25, -0.2) is 9.78 Å². The summed E-state index contributed by atoms with van der Waals surface area (Å²) in [5.74, 6) is 1.67. The van der Waals surface area contributed by atoms with E-state index in [2.05, 4.69) is 4.98 Å². The van der Waals surface area contributed by atoms with Crippen LogP contribution in [0, 0.1) is 13.8 Å². The third-order valence-corrected chi connectivity index (χ3v) is 6.34. The molecule has 176 valence electrons. The van der Waals surface area contributed by atoms with Crippen molar-refractivity contribution in [3.05, 3.63) is 88.6 Å². The third-order valence-electron chi connectivity index (χ3n) is 5.48. The molecule has 4 aromatic rings. The highest BCUT2D eigenvalue weighted by Gasteiger charge is 2.36. The minimum absolute atomic E-state index is 0.222. The lowest BCUT2D eigenvalue weighted by molar-refractivity contribution is -0.153. The average molecular weight is 478 g/mol. The summed E-state index contributed by atoms with van der Waals surface area (Å²) in [6.07, 6.45) is 0.851. The number of aromatic nitrogens is 1. The second-order valence-electron chi connectivity index (χ2n) is 8.37. The van der Waals surface area contributed by atoms with Gasteiger partial charge in [0.25, 0.3) is 0 Å². The van der Waals surface area contributed by atoms with Crippen LogP contribution in [0.25, 0.3) is 10.8 Å². The topological polar surface area (TPSA) is 81.8 Å². The Labute approximate surface area is 202 Å². The molecule has 0 aliphatic rings. The first-order valence-corrected chi connectivity index (χ1v) is 11.9. The SMILES string of the molecule is Cc1cccc(OC(C)(Cc2ccc(OCCc3nc(-c4cccs4)oc3C)cc2)C(=O)O)c1. The molecule has 0 bridgehead atoms. The summed E-state index contributed by atoms with van der Waals surface area (Å²) >= 11 is 1.59. The zero-order valence-electron chi connectivity index (χ0n) is 19.4. The second-order valence-corrected chi connectivity index (χ2v) is 9.32. The van der Waals surface area contributed by atoms with Gasteiger partial charge in [-0.15, -0.1) is 11.3 Å². The number of rotatable bonds is 10. The molecule has 4 rings (SSSR count). The number of oxazole rings is 1. The summed E-state index contributed by atoms with van der Waals surface area (Å²) in [6, 6.07) is 18.8. The van der Waals surface area contributed by atoms with Crippen LogP contribution in [0.15, 0.2) is 70.5 Å². The van der Waals surface area contributed by atoms with Gasteiger partial charge in [-0.3, -0.25) is 0 Å². The number of aryl methyl sites for hydroxylation is 2. The largest absolute Gasteiger partial charge is 0.493 e. The molecule has 1 unspecified atom stereocenters. The van der Waals surface area contributed by atoms with Gasteiger partial charge in [0.1, 0.15) is 17.3 Å². The number of hydrogen-bond donors (Lipinski definition) is 1. The molecule has 1 N–H and O–H groups in total. The van der Waals surface area contributed by atoms with Crippen molar-refractivity contribution in [1.82, 2.24) is 4.98 Å². The van der Waals surface area contributed by atoms with E-state index in [1.165, 1.54) is 0 Å². The van der Waals surface area contributed by atoms with Crippen molar-refractivity contribution in [2.75, 3.05) is 6.61 Å². The summed E-state index contributed by atoms with van der Waals surface area (Å²) in [5.41, 5.74) is 1.35. The van der Waals surface area contributed by atoms with E-state index in [1.54, 1.807) is 24.3 Å². The molecule has 0 aliphatic heterocycles. The molecule has 34 heavy (non-hydrogen) atoms. The predicted octanol–water partition coefficient (Wildman–Crippen LogP) is 6.11. The molecular weight excluding hydrogens is 450 g/mol. The molecule has 0 aliphatic carbocycles. The summed E-state index contributed by atoms with van der Waals surface area (Å²) in [7, 11) is 0. The van der Waals surface area contributed by atoms with Crippen LogP contribution in [-0.2, 0) is 17.6 Å². The van der Waals surface area contributed by atoms with Gasteiger partial charge in [0, 0.05) is 12.8 Å². The fourth-order valence-corrected chi connectivity index (χ4v) is 4.27. The molecule has 7 heteroatoms. The first-order chi connectivity index (χ1) is 16.3. The van der Waals surface area contributed by atoms with Crippen molar-refractivity contribution >= 4 is 17.3 Å². The van der Waals surface area contributed by atoms with Gasteiger partial charge >= 0.3 is 5.97 Å². The summed E-state index contributed by atoms with van der Waals surface area (Å²) < 4.78 is 17.5. The molecule has 2 heterocycles. The highest BCUT2D eigenvalue weighted by Crippen LogP contribution is 2.27. The molecule has 2 aromatic heterocycles. The minimum Gasteiger partial charge on any atom is -0.493 e. The van der Waals surface area contributed by atoms with Crippen LogP contribution in [0.3, 0.4) is 0 Å². The number of carboxylic acids is 1. The van der Waals surface area contributed by atoms with Crippen molar-refractivity contribution in [2.45, 2.75) is 39.2 Å². The van der Waals surface area contributed by atoms with E-state index in [4.69, 9.17) is 13.9 Å². The van der Waals surface area contributed by atoms with Crippen LogP contribution in [0.5, 0.6) is 11.5 Å². The van der Waals surface area contributed by atoms with E-state index in [1.807, 2.05) is 73.8 Å². The van der Waals surface area contributed by atoms with E-state index >= 15 is 0 Å². The Morgan fingerprint density at radius 2 is 1.88 bits per heavy atom. The minimum atomic E-state index is -1.39. The molecule has 0 spiro atoms. The standard InChI is InChI=1S/C27H27NO5S/c1-18-6-4-7-22(16-18)33-27(3,26(29)30)17-20-9-11-21(12-10-20)31-14-13-23-19(2)32-25(28-23)24-8-5-15-34-24/h4-12,15-16H,13-14,17H2,1-3H3,(H,29,30). The van der Waals surface area contributed by atoms with Gasteiger partial charge in [-0.1, -0.05) is 30.3 Å². The maximum absolute atomic E-state index is 12.0. The van der Waals surface area contributed by atoms with E-state index in [-0.39, 0.29) is 6.42 Å². The van der Waals surface area contributed by atoms with E-state index in [0.29, 0.717) is 30.4 Å². The maximum atomic E-state index is 12.0. The molecule has 0 saturated heterocycles. The van der Waals surface area contributed by atoms with Gasteiger partial charge in [-0.2, -0.15) is 0 Å². The first-order valence-electron chi connectivity index (χ1n) is 11.0. The van der Waals surface area contributed by atoms with Gasteiger partial charge in [0.15, 0.2) is 0 Å². The zero-order chi connectivity index (χ0) is 24.1. The van der Waals surface area contributed by atoms with Gasteiger partial charge in [0.05, 0.1) is 17.2 Å². The third kappa shape index (κ3) is 5.66. The number of carboxylic acid groups (broad SMARTS) is 1. The van der Waals surface area contributed by atoms with Crippen LogP contribution in [0.1, 0.15) is 29.5 Å². The molecule has 0 fully saturated rings. The molecule has 0 amide bonds. The van der Waals surface area contributed by atoms with E-state index in [0.717, 1.165) is 27.5 Å². The van der Waals surface area contributed by atoms with E-state index < -0.39 is 11.6 Å². The first kappa shape index (κ1) is 23.6. The number of carbonyl (C=O) groups is 1. The Kier molecular flexibility index (Phi) is 7.03. The number of thiophene rings is 1. The van der Waals surface area contributed by atoms with Crippen LogP contribution >= 0.6 is 11.3 Å². The van der Waals surface area contributed by atoms with Crippen LogP contribution in [0.2, 0.25) is 0 Å². The van der Waals surface area contributed by atoms with Crippen molar-refractivity contribution in [2.24, 2.45) is 0 Å². The Morgan fingerprint density at radius 3 is 2.56 bits per heavy atom. The number of ether oxygens (including phenoxy) is 2. The van der Waals surface area contributed by atoms with Crippen molar-refractivity contribution in [1.29, 1.82) is 0 Å². The molecule has 2 aromatic carbocycles. The number of nitrogens with zero attached hydrogens (tertiary/aromatic N) is 1. The quantitative estimate of drug-likeness (QED) is 0.297. The normalized spacial score (nSPS) is 12.8. The molecule has 0 radical (unpaired) electrons. The lowest BCUT2D eigenvalue weighted by atomic mass is 9.96. The van der Waals surface area contributed by atoms with E-state index in [9.17, 15) is 9.90 Å². The highest BCUT2D eigenvalue weighted by molar-refractivity contribution is 7.13. The molecule has 1 atom stereocenters. The smallest absolute Gasteiger partial charge is 0.348 e. The van der Waals surface area contributed by atoms with Crippen LogP contribution in [0.4, 0.5) is 0 Å². The predicted molar refractivity (Wildman–Crippen MR) is 132 cm³/mol. The fraction of sp³-hybridized carbons (Fsp3) is 0.259. The van der Waals surface area contributed by atoms with Crippen molar-refractivity contribution < 1.29 is 23.8 Å². The molecule has 6 nitrogen and oxygen atoms in total. The summed E-state index contributed by atoms with van der Waals surface area (Å²) in [4.78, 5) is 17.6. The maximum Gasteiger partial charge on any atom is 0.348 e. The molecular formula is C27H27NO5S. The average Bonchev–Trinajstić information content (AvgIpc) is 3.45. The fourth-order valence-electron chi connectivity index (χ4n) is 3.62. The van der Waals surface area contributed by atoms with Crippen molar-refractivity contribution in [3.8, 4) is 22.3 Å². The number of benzene rings is 2. The number of hydrogen-bond acceptors (Lipinski definition) is 6. The molecule has 0 saturated carbocycles. The number of aliphatic carboxylic acids is 1. The van der Waals surface area contributed by atoms with Gasteiger partial charge < -0.3 is 19.0 Å². The van der Waals surface area contributed by atoms with Crippen LogP contribution < -0.4 is 9.47 Å². The van der Waals surface area contributed by atoms with Gasteiger partial charge in [-0.05, 0) is 67.6 Å². The monoisotopic (exact) mass is 477 g/mol. The summed E-state index contributed by atoms with van der Waals surface area (Å²) in [6.45, 7) is 5.90. The van der Waals surface area contributed by atoms with Crippen molar-refractivity contribution in [3.63, 3.8) is 0 Å². The second kappa shape index (κ2) is 10.1. The lowest BCUT2D eigenvalue weighted by Gasteiger charge is -2.26. The van der Waals surface area contributed by atoms with Crippen LogP contribution in [-0.4, -0.2) is 28.3 Å². The zero-order valence-corrected chi connectivity index (χ0v) is 20.2. The summed E-state index contributed by atoms with van der Waals surface area (Å²) in [5, 5.41) is 11.8. The Balaban J connectivity index is 1.35. The lowest BCUT2D eigenvalue weighted by Crippen LogP contribution is -2.43. The van der Waals surface area contributed by atoms with Gasteiger partial charge in [0.2, 0.25) is 11.5 Å².